The van der Waals surface area contributed by atoms with Crippen molar-refractivity contribution >= 4 is 0 Å². The van der Waals surface area contributed by atoms with Gasteiger partial charge in [-0.15, -0.1) is 0 Å². The molecule has 0 aliphatic carbocycles. The van der Waals surface area contributed by atoms with E-state index in [1.165, 1.54) is 6.42 Å². The van der Waals surface area contributed by atoms with Crippen LogP contribution in [0.2, 0.25) is 0 Å². The van der Waals surface area contributed by atoms with Crippen LogP contribution >= 0.6 is 0 Å². The number of fused-ring (bicyclic) bond motifs is 1. The summed E-state index contributed by atoms with van der Waals surface area (Å²) >= 11 is 0. The number of hydrogen-bond donors (Lipinski definition) is 1. The van der Waals surface area contributed by atoms with E-state index in [0.29, 0.717) is 12.6 Å². The van der Waals surface area contributed by atoms with Gasteiger partial charge in [0.15, 0.2) is 0 Å². The molecule has 2 fully saturated rings. The van der Waals surface area contributed by atoms with Gasteiger partial charge in [-0.1, -0.05) is 18.2 Å². The Kier molecular flexibility index (Phi) is 4.49. The Balaban J connectivity index is 1.74. The van der Waals surface area contributed by atoms with Gasteiger partial charge >= 0.3 is 0 Å². The van der Waals surface area contributed by atoms with E-state index in [9.17, 15) is 10.4 Å². The smallest absolute Gasteiger partial charge is 0.0995 e. The lowest BCUT2D eigenvalue weighted by molar-refractivity contribution is -0.0684. The maximum Gasteiger partial charge on any atom is 0.0995 e. The van der Waals surface area contributed by atoms with Crippen LogP contribution in [0.15, 0.2) is 24.3 Å². The highest BCUT2D eigenvalue weighted by Gasteiger charge is 2.46. The third-order valence-electron chi connectivity index (χ3n) is 5.63. The first kappa shape index (κ1) is 15.5. The summed E-state index contributed by atoms with van der Waals surface area (Å²) in [7, 11) is 2.18. The summed E-state index contributed by atoms with van der Waals surface area (Å²) in [5.74, 6) is 0. The average molecular weight is 299 g/mol. The highest BCUT2D eigenvalue weighted by Crippen LogP contribution is 2.41. The molecule has 0 saturated carbocycles. The summed E-state index contributed by atoms with van der Waals surface area (Å²) in [4.78, 5) is 4.86. The van der Waals surface area contributed by atoms with E-state index in [4.69, 9.17) is 0 Å². The molecule has 2 aliphatic rings. The fourth-order valence-corrected chi connectivity index (χ4v) is 4.23. The van der Waals surface area contributed by atoms with Gasteiger partial charge in [0, 0.05) is 24.5 Å². The molecule has 1 N–H and O–H groups in total. The molecule has 3 rings (SSSR count). The van der Waals surface area contributed by atoms with Gasteiger partial charge in [-0.05, 0) is 51.0 Å². The Morgan fingerprint density at radius 2 is 2.14 bits per heavy atom. The van der Waals surface area contributed by atoms with Crippen LogP contribution in [0.4, 0.5) is 0 Å². The first-order chi connectivity index (χ1) is 10.7. The second-order valence-corrected chi connectivity index (χ2v) is 6.87. The van der Waals surface area contributed by atoms with Crippen molar-refractivity contribution in [1.29, 1.82) is 5.26 Å². The number of likely N-dealkylation sites (tertiary alicyclic amines) is 2. The summed E-state index contributed by atoms with van der Waals surface area (Å²) in [6.07, 6.45) is 3.37. The Hall–Kier alpha value is -1.41. The number of aliphatic hydroxyl groups is 1. The monoisotopic (exact) mass is 299 g/mol. The van der Waals surface area contributed by atoms with Gasteiger partial charge in [0.2, 0.25) is 0 Å². The van der Waals surface area contributed by atoms with Gasteiger partial charge in [0.05, 0.1) is 18.2 Å². The molecule has 2 aliphatic heterocycles. The molecule has 0 spiro atoms. The fourth-order valence-electron chi connectivity index (χ4n) is 4.23. The Morgan fingerprint density at radius 3 is 2.91 bits per heavy atom. The fraction of sp³-hybridized carbons (Fsp3) is 0.611. The zero-order valence-electron chi connectivity index (χ0n) is 13.3. The molecule has 2 heterocycles. The quantitative estimate of drug-likeness (QED) is 0.925. The number of rotatable bonds is 3. The van der Waals surface area contributed by atoms with Crippen molar-refractivity contribution in [3.8, 4) is 6.07 Å². The molecule has 0 radical (unpaired) electrons. The summed E-state index contributed by atoms with van der Waals surface area (Å²) in [5, 5.41) is 19.2. The van der Waals surface area contributed by atoms with Crippen molar-refractivity contribution in [3.05, 3.63) is 35.4 Å². The van der Waals surface area contributed by atoms with Crippen molar-refractivity contribution in [2.45, 2.75) is 31.8 Å². The Bertz CT molecular complexity index is 568. The standard InChI is InChI=1S/C18H25N3O/c1-20-9-4-7-18(14-22)8-10-21(13-17(18)20)12-16-6-3-2-5-15(16)11-19/h2-3,5-6,17,22H,4,7-10,12-14H2,1H3/t17-,18-/m1/s1. The highest BCUT2D eigenvalue weighted by atomic mass is 16.3. The van der Waals surface area contributed by atoms with Crippen LogP contribution in [0.1, 0.15) is 30.4 Å². The maximum atomic E-state index is 9.96. The molecule has 4 heteroatoms. The molecule has 0 aromatic heterocycles. The minimum atomic E-state index is 0.0816. The van der Waals surface area contributed by atoms with E-state index in [-0.39, 0.29) is 5.41 Å². The Labute approximate surface area is 133 Å². The maximum absolute atomic E-state index is 9.96. The van der Waals surface area contributed by atoms with Crippen molar-refractivity contribution in [2.75, 3.05) is 33.3 Å². The third kappa shape index (κ3) is 2.77. The first-order valence-electron chi connectivity index (χ1n) is 8.20. The normalized spacial score (nSPS) is 29.8. The van der Waals surface area contributed by atoms with Crippen molar-refractivity contribution in [2.24, 2.45) is 5.41 Å². The van der Waals surface area contributed by atoms with E-state index < -0.39 is 0 Å². The van der Waals surface area contributed by atoms with Crippen LogP contribution in [-0.4, -0.2) is 54.2 Å². The lowest BCUT2D eigenvalue weighted by Gasteiger charge is -2.53. The number of nitriles is 1. The molecule has 0 unspecified atom stereocenters. The second-order valence-electron chi connectivity index (χ2n) is 6.87. The van der Waals surface area contributed by atoms with Crippen LogP contribution in [0, 0.1) is 16.7 Å². The van der Waals surface area contributed by atoms with Crippen LogP contribution in [0.5, 0.6) is 0 Å². The van der Waals surface area contributed by atoms with E-state index >= 15 is 0 Å². The van der Waals surface area contributed by atoms with Crippen molar-refractivity contribution in [1.82, 2.24) is 9.80 Å². The number of aliphatic hydroxyl groups excluding tert-OH is 1. The summed E-state index contributed by atoms with van der Waals surface area (Å²) in [5.41, 5.74) is 1.97. The van der Waals surface area contributed by atoms with Gasteiger partial charge in [0.1, 0.15) is 0 Å². The van der Waals surface area contributed by atoms with Gasteiger partial charge in [-0.2, -0.15) is 5.26 Å². The zero-order valence-corrected chi connectivity index (χ0v) is 13.3. The van der Waals surface area contributed by atoms with Crippen molar-refractivity contribution in [3.63, 3.8) is 0 Å². The SMILES string of the molecule is CN1CCC[C@]2(CO)CCN(Cc3ccccc3C#N)C[C@@H]12. The summed E-state index contributed by atoms with van der Waals surface area (Å²) < 4.78 is 0. The summed E-state index contributed by atoms with van der Waals surface area (Å²) in [6.45, 7) is 4.23. The molecule has 0 amide bonds. The number of hydrogen-bond acceptors (Lipinski definition) is 4. The predicted molar refractivity (Wildman–Crippen MR) is 86.2 cm³/mol. The largest absolute Gasteiger partial charge is 0.396 e. The molecular weight excluding hydrogens is 274 g/mol. The number of likely N-dealkylation sites (N-methyl/N-ethyl adjacent to an activating group) is 1. The lowest BCUT2D eigenvalue weighted by atomic mass is 9.69. The molecule has 1 aromatic carbocycles. The van der Waals surface area contributed by atoms with E-state index in [1.807, 2.05) is 18.2 Å². The lowest BCUT2D eigenvalue weighted by Crippen LogP contribution is -2.61. The Morgan fingerprint density at radius 1 is 1.32 bits per heavy atom. The molecule has 22 heavy (non-hydrogen) atoms. The number of benzene rings is 1. The molecule has 118 valence electrons. The van der Waals surface area contributed by atoms with E-state index in [1.54, 1.807) is 0 Å². The highest BCUT2D eigenvalue weighted by molar-refractivity contribution is 5.37. The molecule has 2 atom stereocenters. The molecule has 0 bridgehead atoms. The van der Waals surface area contributed by atoms with Crippen LogP contribution in [0.25, 0.3) is 0 Å². The van der Waals surface area contributed by atoms with E-state index in [2.05, 4.69) is 29.0 Å². The molecule has 4 nitrogen and oxygen atoms in total. The van der Waals surface area contributed by atoms with Crippen LogP contribution in [0.3, 0.4) is 0 Å². The molecular formula is C18H25N3O. The van der Waals surface area contributed by atoms with Gasteiger partial charge in [-0.3, -0.25) is 4.90 Å². The van der Waals surface area contributed by atoms with Gasteiger partial charge < -0.3 is 10.0 Å². The number of piperidine rings is 2. The first-order valence-corrected chi connectivity index (χ1v) is 8.20. The van der Waals surface area contributed by atoms with Crippen LogP contribution in [-0.2, 0) is 6.54 Å². The average Bonchev–Trinajstić information content (AvgIpc) is 2.56. The van der Waals surface area contributed by atoms with E-state index in [0.717, 1.165) is 50.1 Å². The number of nitrogens with zero attached hydrogens (tertiary/aromatic N) is 3. The minimum absolute atomic E-state index is 0.0816. The minimum Gasteiger partial charge on any atom is -0.396 e. The zero-order chi connectivity index (χ0) is 15.6. The van der Waals surface area contributed by atoms with Crippen LogP contribution < -0.4 is 0 Å². The third-order valence-corrected chi connectivity index (χ3v) is 5.63. The molecule has 1 aromatic rings. The summed E-state index contributed by atoms with van der Waals surface area (Å²) in [6, 6.07) is 10.6. The molecule has 2 saturated heterocycles. The van der Waals surface area contributed by atoms with Gasteiger partial charge in [-0.25, -0.2) is 0 Å². The topological polar surface area (TPSA) is 50.5 Å². The van der Waals surface area contributed by atoms with Gasteiger partial charge in [0.25, 0.3) is 0 Å². The van der Waals surface area contributed by atoms with Crippen molar-refractivity contribution < 1.29 is 5.11 Å². The second kappa shape index (κ2) is 6.37. The predicted octanol–water partition coefficient (Wildman–Crippen LogP) is 1.84.